The van der Waals surface area contributed by atoms with Crippen LogP contribution in [0.2, 0.25) is 0 Å². The van der Waals surface area contributed by atoms with E-state index in [0.717, 1.165) is 12.2 Å². The molecule has 0 atom stereocenters. The third-order valence-electron chi connectivity index (χ3n) is 2.52. The Morgan fingerprint density at radius 1 is 0.871 bits per heavy atom. The number of carbonyl (C=O) groups is 3. The number of nitrogens with one attached hydrogen (secondary N) is 2. The van der Waals surface area contributed by atoms with Gasteiger partial charge >= 0.3 is 18.2 Å². The van der Waals surface area contributed by atoms with E-state index < -0.39 is 47.6 Å². The number of aliphatic hydroxyl groups excluding tert-OH is 1. The van der Waals surface area contributed by atoms with Gasteiger partial charge in [0.15, 0.2) is 0 Å². The second kappa shape index (κ2) is 15.2. The fourth-order valence-electron chi connectivity index (χ4n) is 1.45. The highest BCUT2D eigenvalue weighted by Crippen LogP contribution is 2.07. The molecule has 0 radical (unpaired) electrons. The predicted molar refractivity (Wildman–Crippen MR) is 111 cm³/mol. The van der Waals surface area contributed by atoms with Crippen LogP contribution in [0.3, 0.4) is 0 Å². The number of ether oxygens (including phenoxy) is 3. The Balaban J connectivity index is 0. The van der Waals surface area contributed by atoms with E-state index in [1.54, 1.807) is 48.5 Å². The van der Waals surface area contributed by atoms with Gasteiger partial charge in [0.05, 0.1) is 13.2 Å². The normalized spacial score (nSPS) is 12.2. The van der Waals surface area contributed by atoms with Crippen LogP contribution in [0.4, 0.5) is 18.4 Å². The maximum absolute atomic E-state index is 13.0. The van der Waals surface area contributed by atoms with Crippen molar-refractivity contribution in [2.24, 2.45) is 0 Å². The number of hydrogen-bond acceptors (Lipinski definition) is 7. The minimum atomic E-state index is -1.04. The van der Waals surface area contributed by atoms with Crippen LogP contribution in [0, 0.1) is 0 Å². The van der Waals surface area contributed by atoms with E-state index in [1.807, 2.05) is 0 Å². The zero-order valence-electron chi connectivity index (χ0n) is 19.1. The van der Waals surface area contributed by atoms with Gasteiger partial charge in [0.2, 0.25) is 5.83 Å². The molecule has 0 rings (SSSR count). The van der Waals surface area contributed by atoms with Crippen molar-refractivity contribution in [3.8, 4) is 0 Å². The van der Waals surface area contributed by atoms with Crippen molar-refractivity contribution in [1.82, 2.24) is 10.6 Å². The van der Waals surface area contributed by atoms with Gasteiger partial charge in [0.1, 0.15) is 17.0 Å². The summed E-state index contributed by atoms with van der Waals surface area (Å²) >= 11 is 0. The number of halogens is 2. The second-order valence-corrected chi connectivity index (χ2v) is 7.85. The summed E-state index contributed by atoms with van der Waals surface area (Å²) in [6.07, 6.45) is 0.705. The van der Waals surface area contributed by atoms with E-state index >= 15 is 0 Å². The SMILES string of the molecule is CC(C)(C)OC(=O)NC/C=C(/F)CO.CCOC(=O)/C(F)=C\CNC(=O)OC(C)(C)C. The molecule has 31 heavy (non-hydrogen) atoms. The molecular weight excluding hydrogens is 418 g/mol. The van der Waals surface area contributed by atoms with E-state index in [0.29, 0.717) is 0 Å². The predicted octanol–water partition coefficient (Wildman–Crippen LogP) is 3.28. The van der Waals surface area contributed by atoms with Gasteiger partial charge in [-0.05, 0) is 60.6 Å². The van der Waals surface area contributed by atoms with Crippen LogP contribution in [-0.2, 0) is 19.0 Å². The van der Waals surface area contributed by atoms with Crippen molar-refractivity contribution in [2.45, 2.75) is 59.7 Å². The highest BCUT2D eigenvalue weighted by Gasteiger charge is 2.16. The molecule has 0 aliphatic carbocycles. The summed E-state index contributed by atoms with van der Waals surface area (Å²) in [6, 6.07) is 0. The molecule has 0 bridgehead atoms. The third kappa shape index (κ3) is 21.8. The van der Waals surface area contributed by atoms with Gasteiger partial charge in [-0.25, -0.2) is 18.8 Å². The number of amides is 2. The monoisotopic (exact) mass is 452 g/mol. The Morgan fingerprint density at radius 2 is 1.29 bits per heavy atom. The quantitative estimate of drug-likeness (QED) is 0.308. The van der Waals surface area contributed by atoms with Crippen molar-refractivity contribution in [2.75, 3.05) is 26.3 Å². The summed E-state index contributed by atoms with van der Waals surface area (Å²) < 4.78 is 39.5. The number of esters is 1. The first-order valence-corrected chi connectivity index (χ1v) is 9.53. The smallest absolute Gasteiger partial charge is 0.407 e. The first-order chi connectivity index (χ1) is 14.1. The minimum Gasteiger partial charge on any atom is -0.461 e. The molecular formula is C20H34F2N2O7. The lowest BCUT2D eigenvalue weighted by Crippen LogP contribution is -2.32. The zero-order chi connectivity index (χ0) is 24.7. The molecule has 0 spiro atoms. The first kappa shape index (κ1) is 30.5. The fourth-order valence-corrected chi connectivity index (χ4v) is 1.45. The number of rotatable bonds is 7. The van der Waals surface area contributed by atoms with E-state index in [9.17, 15) is 23.2 Å². The van der Waals surface area contributed by atoms with Crippen LogP contribution in [0.25, 0.3) is 0 Å². The zero-order valence-corrected chi connectivity index (χ0v) is 19.1. The van der Waals surface area contributed by atoms with Crippen molar-refractivity contribution in [1.29, 1.82) is 0 Å². The van der Waals surface area contributed by atoms with E-state index in [-0.39, 0.29) is 19.7 Å². The second-order valence-electron chi connectivity index (χ2n) is 7.85. The average molecular weight is 452 g/mol. The molecule has 11 heteroatoms. The van der Waals surface area contributed by atoms with E-state index in [1.165, 1.54) is 0 Å². The Kier molecular flexibility index (Phi) is 14.9. The van der Waals surface area contributed by atoms with Crippen molar-refractivity contribution >= 4 is 18.2 Å². The molecule has 9 nitrogen and oxygen atoms in total. The van der Waals surface area contributed by atoms with Gasteiger partial charge in [-0.3, -0.25) is 0 Å². The number of hydrogen-bond donors (Lipinski definition) is 3. The van der Waals surface area contributed by atoms with Crippen LogP contribution in [0.5, 0.6) is 0 Å². The van der Waals surface area contributed by atoms with Crippen molar-refractivity contribution in [3.05, 3.63) is 23.8 Å². The molecule has 0 aromatic rings. The number of alkyl carbamates (subject to hydrolysis) is 2. The summed E-state index contributed by atoms with van der Waals surface area (Å²) in [7, 11) is 0. The van der Waals surface area contributed by atoms with E-state index in [2.05, 4.69) is 15.4 Å². The highest BCUT2D eigenvalue weighted by atomic mass is 19.1. The lowest BCUT2D eigenvalue weighted by Gasteiger charge is -2.19. The molecule has 0 fully saturated rings. The van der Waals surface area contributed by atoms with Crippen LogP contribution in [0.1, 0.15) is 48.5 Å². The van der Waals surface area contributed by atoms with E-state index in [4.69, 9.17) is 14.6 Å². The fraction of sp³-hybridized carbons (Fsp3) is 0.650. The van der Waals surface area contributed by atoms with Gasteiger partial charge in [-0.1, -0.05) is 0 Å². The Labute approximate surface area is 181 Å². The van der Waals surface area contributed by atoms with Gasteiger partial charge in [-0.2, -0.15) is 4.39 Å². The van der Waals surface area contributed by atoms with Crippen LogP contribution < -0.4 is 10.6 Å². The topological polar surface area (TPSA) is 123 Å². The first-order valence-electron chi connectivity index (χ1n) is 9.53. The van der Waals surface area contributed by atoms with Gasteiger partial charge in [0.25, 0.3) is 0 Å². The van der Waals surface area contributed by atoms with Gasteiger partial charge in [0, 0.05) is 13.1 Å². The average Bonchev–Trinajstić information content (AvgIpc) is 2.59. The summed E-state index contributed by atoms with van der Waals surface area (Å²) in [5, 5.41) is 12.9. The standard InChI is InChI=1S/C11H18FNO4.C9H16FNO3/c1-5-16-9(14)8(12)6-7-13-10(15)17-11(2,3)4;1-9(2,3)14-8(13)11-5-4-7(10)6-12/h6H,5,7H2,1-4H3,(H,13,15);4,12H,5-6H2,1-3H3,(H,11,13)/b8-6+;7-4+. The largest absolute Gasteiger partial charge is 0.461 e. The molecule has 2 amide bonds. The van der Waals surface area contributed by atoms with Crippen LogP contribution in [-0.4, -0.2) is 60.8 Å². The molecule has 0 heterocycles. The summed E-state index contributed by atoms with van der Waals surface area (Å²) in [5.41, 5.74) is -1.18. The molecule has 0 aromatic heterocycles. The van der Waals surface area contributed by atoms with Gasteiger partial charge in [-0.15, -0.1) is 0 Å². The van der Waals surface area contributed by atoms with Crippen LogP contribution >= 0.6 is 0 Å². The molecule has 0 aliphatic heterocycles. The summed E-state index contributed by atoms with van der Waals surface area (Å²) in [5.74, 6) is -2.76. The lowest BCUT2D eigenvalue weighted by molar-refractivity contribution is -0.140. The summed E-state index contributed by atoms with van der Waals surface area (Å²) in [4.78, 5) is 33.0. The number of carbonyl (C=O) groups excluding carboxylic acids is 3. The molecule has 3 N–H and O–H groups in total. The highest BCUT2D eigenvalue weighted by molar-refractivity contribution is 5.86. The Morgan fingerprint density at radius 3 is 1.65 bits per heavy atom. The van der Waals surface area contributed by atoms with Crippen molar-refractivity contribution < 1.29 is 42.5 Å². The Bertz CT molecular complexity index is 636. The maximum Gasteiger partial charge on any atom is 0.407 e. The van der Waals surface area contributed by atoms with Crippen molar-refractivity contribution in [3.63, 3.8) is 0 Å². The third-order valence-corrected chi connectivity index (χ3v) is 2.52. The van der Waals surface area contributed by atoms with Crippen LogP contribution in [0.15, 0.2) is 23.8 Å². The summed E-state index contributed by atoms with van der Waals surface area (Å²) in [6.45, 7) is 11.2. The Hall–Kier alpha value is -2.69. The van der Waals surface area contributed by atoms with Gasteiger partial charge < -0.3 is 30.0 Å². The molecule has 0 saturated heterocycles. The number of aliphatic hydroxyl groups is 1. The molecule has 180 valence electrons. The maximum atomic E-state index is 13.0. The minimum absolute atomic E-state index is 0.00130. The molecule has 0 unspecified atom stereocenters. The molecule has 0 aromatic carbocycles. The molecule has 0 aliphatic rings. The molecule has 0 saturated carbocycles. The lowest BCUT2D eigenvalue weighted by atomic mass is 10.2.